The maximum atomic E-state index is 13.8. The fourth-order valence-corrected chi connectivity index (χ4v) is 4.86. The summed E-state index contributed by atoms with van der Waals surface area (Å²) in [6.07, 6.45) is 3.98. The number of nitrogens with one attached hydrogen (secondary N) is 1. The smallest absolute Gasteiger partial charge is 0.328 e. The van der Waals surface area contributed by atoms with E-state index in [1.165, 1.54) is 9.47 Å². The molecule has 0 unspecified atom stereocenters. The minimum Gasteiger partial charge on any atom is -0.503 e. The number of carbonyl (C=O) groups excluding carboxylic acids is 2. The molecule has 5 rings (SSSR count). The molecule has 1 saturated heterocycles. The van der Waals surface area contributed by atoms with Gasteiger partial charge in [0.15, 0.2) is 17.7 Å². The van der Waals surface area contributed by atoms with E-state index in [0.717, 1.165) is 19.0 Å². The molecule has 2 bridgehead atoms. The molecule has 40 heavy (non-hydrogen) atoms. The largest absolute Gasteiger partial charge is 0.503 e. The van der Waals surface area contributed by atoms with Crippen molar-refractivity contribution in [3.8, 4) is 5.75 Å². The Morgan fingerprint density at radius 1 is 1.05 bits per heavy atom. The third-order valence-electron chi connectivity index (χ3n) is 6.60. The highest BCUT2D eigenvalue weighted by Gasteiger charge is 2.47. The quantitative estimate of drug-likeness (QED) is 0.390. The summed E-state index contributed by atoms with van der Waals surface area (Å²) in [5.41, 5.74) is -2.40. The minimum absolute atomic E-state index is 0.0296. The maximum Gasteiger partial charge on any atom is 0.328 e. The monoisotopic (exact) mass is 565 g/mol. The number of nitrogens with zero attached hydrogens (tertiary/aromatic N) is 2. The van der Waals surface area contributed by atoms with Crippen LogP contribution in [0.1, 0.15) is 45.7 Å². The molecule has 2 aromatic rings. The zero-order valence-electron chi connectivity index (χ0n) is 20.5. The van der Waals surface area contributed by atoms with Crippen LogP contribution in [-0.2, 0) is 27.4 Å². The van der Waals surface area contributed by atoms with Crippen molar-refractivity contribution in [2.24, 2.45) is 0 Å². The van der Waals surface area contributed by atoms with Crippen molar-refractivity contribution < 1.29 is 52.4 Å². The van der Waals surface area contributed by atoms with Crippen molar-refractivity contribution in [3.63, 3.8) is 0 Å². The molecule has 2 aliphatic heterocycles. The third kappa shape index (κ3) is 5.68. The SMILES string of the molecule is O=C(NCc1c(F)cc(F)cc1F)c1cn2c(c(O)c1=O)C(=O)N1[C@H]3CC[C@H](C3)O[C@@H]1C2.O=C(O)/C=C/C(=O)O. The van der Waals surface area contributed by atoms with Crippen molar-refractivity contribution in [1.82, 2.24) is 14.8 Å². The van der Waals surface area contributed by atoms with Crippen LogP contribution in [0.5, 0.6) is 5.75 Å². The lowest BCUT2D eigenvalue weighted by Crippen LogP contribution is -2.57. The zero-order chi connectivity index (χ0) is 29.3. The molecule has 212 valence electrons. The van der Waals surface area contributed by atoms with Gasteiger partial charge in [-0.2, -0.15) is 0 Å². The first kappa shape index (κ1) is 28.4. The molecule has 0 radical (unpaired) electrons. The summed E-state index contributed by atoms with van der Waals surface area (Å²) in [5.74, 6) is -8.44. The molecule has 4 N–H and O–H groups in total. The second kappa shape index (κ2) is 11.2. The van der Waals surface area contributed by atoms with Gasteiger partial charge in [-0.3, -0.25) is 14.4 Å². The molecule has 0 spiro atoms. The van der Waals surface area contributed by atoms with Gasteiger partial charge >= 0.3 is 11.9 Å². The Labute approximate surface area is 222 Å². The number of hydrogen-bond acceptors (Lipinski definition) is 7. The van der Waals surface area contributed by atoms with E-state index in [1.54, 1.807) is 0 Å². The lowest BCUT2D eigenvalue weighted by Gasteiger charge is -2.44. The van der Waals surface area contributed by atoms with Gasteiger partial charge in [-0.1, -0.05) is 0 Å². The van der Waals surface area contributed by atoms with Crippen molar-refractivity contribution in [1.29, 1.82) is 0 Å². The molecule has 1 aromatic heterocycles. The number of benzene rings is 1. The molecule has 3 atom stereocenters. The van der Waals surface area contributed by atoms with Crippen LogP contribution in [0.3, 0.4) is 0 Å². The predicted octanol–water partition coefficient (Wildman–Crippen LogP) is 1.35. The average Bonchev–Trinajstić information content (AvgIpc) is 3.24. The number of amides is 2. The second-order valence-electron chi connectivity index (χ2n) is 9.15. The highest BCUT2D eigenvalue weighted by molar-refractivity contribution is 5.99. The van der Waals surface area contributed by atoms with Crippen LogP contribution in [0.15, 0.2) is 35.3 Å². The Morgan fingerprint density at radius 3 is 2.27 bits per heavy atom. The summed E-state index contributed by atoms with van der Waals surface area (Å²) in [4.78, 5) is 58.8. The first-order valence-corrected chi connectivity index (χ1v) is 11.9. The number of carboxylic acid groups (broad SMARTS) is 2. The van der Waals surface area contributed by atoms with Crippen LogP contribution in [-0.4, -0.2) is 66.9 Å². The van der Waals surface area contributed by atoms with Crippen LogP contribution < -0.4 is 10.7 Å². The molecular formula is C25H22F3N3O9. The van der Waals surface area contributed by atoms with Crippen LogP contribution in [0.4, 0.5) is 13.2 Å². The number of aromatic hydroxyl groups is 1. The van der Waals surface area contributed by atoms with E-state index >= 15 is 0 Å². The van der Waals surface area contributed by atoms with Crippen molar-refractivity contribution in [2.75, 3.05) is 0 Å². The summed E-state index contributed by atoms with van der Waals surface area (Å²) in [6.45, 7) is -0.538. The van der Waals surface area contributed by atoms with E-state index in [4.69, 9.17) is 14.9 Å². The van der Waals surface area contributed by atoms with Crippen LogP contribution in [0.25, 0.3) is 0 Å². The van der Waals surface area contributed by atoms with Gasteiger partial charge in [0.05, 0.1) is 12.6 Å². The van der Waals surface area contributed by atoms with Gasteiger partial charge in [-0.25, -0.2) is 22.8 Å². The summed E-state index contributed by atoms with van der Waals surface area (Å²) < 4.78 is 47.9. The topological polar surface area (TPSA) is 175 Å². The highest BCUT2D eigenvalue weighted by atomic mass is 19.1. The van der Waals surface area contributed by atoms with Crippen LogP contribution >= 0.6 is 0 Å². The molecule has 2 amide bonds. The summed E-state index contributed by atoms with van der Waals surface area (Å²) in [6, 6.07) is 0.912. The lowest BCUT2D eigenvalue weighted by atomic mass is 10.1. The molecular weight excluding hydrogens is 543 g/mol. The molecule has 3 heterocycles. The Morgan fingerprint density at radius 2 is 1.68 bits per heavy atom. The number of aliphatic carboxylic acids is 2. The first-order chi connectivity index (χ1) is 18.9. The number of fused-ring (bicyclic) bond motifs is 5. The van der Waals surface area contributed by atoms with Gasteiger partial charge in [-0.05, 0) is 19.3 Å². The molecule has 1 aromatic carbocycles. The van der Waals surface area contributed by atoms with Gasteiger partial charge in [0, 0.05) is 48.6 Å². The first-order valence-electron chi connectivity index (χ1n) is 11.9. The minimum atomic E-state index is -1.26. The van der Waals surface area contributed by atoms with Gasteiger partial charge in [0.1, 0.15) is 23.0 Å². The Hall–Kier alpha value is -4.66. The Balaban J connectivity index is 0.000000406. The van der Waals surface area contributed by atoms with E-state index < -0.39 is 76.3 Å². The number of pyridine rings is 1. The Bertz CT molecular complexity index is 1450. The van der Waals surface area contributed by atoms with E-state index in [0.29, 0.717) is 30.7 Å². The normalized spacial score (nSPS) is 20.8. The number of rotatable bonds is 5. The molecule has 3 aliphatic rings. The molecule has 15 heteroatoms. The van der Waals surface area contributed by atoms with Gasteiger partial charge in [-0.15, -0.1) is 0 Å². The third-order valence-corrected chi connectivity index (χ3v) is 6.60. The number of ether oxygens (including phenoxy) is 1. The van der Waals surface area contributed by atoms with Crippen LogP contribution in [0.2, 0.25) is 0 Å². The van der Waals surface area contributed by atoms with Crippen LogP contribution in [0, 0.1) is 17.5 Å². The second-order valence-corrected chi connectivity index (χ2v) is 9.15. The standard InChI is InChI=1S/C21H18F3N3O5.C4H4O4/c22-9-3-14(23)12(15(24)4-9)6-25-20(30)13-7-26-8-16-27(10-1-2-11(5-10)32-16)21(31)17(26)19(29)18(13)28;5-3(6)1-2-4(7)8/h3-4,7,10-11,16,29H,1-2,5-6,8H2,(H,25,30);1-2H,(H,5,6)(H,7,8)/b;2-1+/t10-,11+,16+;/m0./s1. The summed E-state index contributed by atoms with van der Waals surface area (Å²) in [5, 5.41) is 28.3. The number of aromatic nitrogens is 1. The van der Waals surface area contributed by atoms with Gasteiger partial charge in [0.2, 0.25) is 5.43 Å². The van der Waals surface area contributed by atoms with Crippen molar-refractivity contribution >= 4 is 23.8 Å². The summed E-state index contributed by atoms with van der Waals surface area (Å²) >= 11 is 0. The fourth-order valence-electron chi connectivity index (χ4n) is 4.86. The molecule has 1 saturated carbocycles. The van der Waals surface area contributed by atoms with E-state index in [2.05, 4.69) is 5.32 Å². The van der Waals surface area contributed by atoms with Gasteiger partial charge in [0.25, 0.3) is 11.8 Å². The number of hydrogen-bond donors (Lipinski definition) is 4. The fraction of sp³-hybridized carbons (Fsp3) is 0.320. The van der Waals surface area contributed by atoms with E-state index in [-0.39, 0.29) is 24.4 Å². The Kier molecular flexibility index (Phi) is 7.95. The summed E-state index contributed by atoms with van der Waals surface area (Å²) in [7, 11) is 0. The van der Waals surface area contributed by atoms with Crippen molar-refractivity contribution in [3.05, 3.63) is 75.0 Å². The van der Waals surface area contributed by atoms with E-state index in [9.17, 15) is 42.3 Å². The number of halogens is 3. The molecule has 2 fully saturated rings. The average molecular weight is 565 g/mol. The predicted molar refractivity (Wildman–Crippen MR) is 127 cm³/mol. The number of carbonyl (C=O) groups is 4. The molecule has 12 nitrogen and oxygen atoms in total. The molecule has 1 aliphatic carbocycles. The lowest BCUT2D eigenvalue weighted by molar-refractivity contribution is -0.134. The van der Waals surface area contributed by atoms with Crippen molar-refractivity contribution in [2.45, 2.75) is 50.7 Å². The number of carboxylic acids is 2. The van der Waals surface area contributed by atoms with Gasteiger partial charge < -0.3 is 34.8 Å². The highest BCUT2D eigenvalue weighted by Crippen LogP contribution is 2.38. The maximum absolute atomic E-state index is 13.8. The zero-order valence-corrected chi connectivity index (χ0v) is 20.5. The van der Waals surface area contributed by atoms with E-state index in [1.807, 2.05) is 0 Å².